The first-order valence-electron chi connectivity index (χ1n) is 5.66. The average molecular weight is 370 g/mol. The first-order valence-corrected chi connectivity index (χ1v) is 7.22. The van der Waals surface area contributed by atoms with Crippen LogP contribution in [-0.2, 0) is 23.7 Å². The molecule has 1 atom stereocenters. The molecule has 0 aliphatic heterocycles. The lowest BCUT2D eigenvalue weighted by atomic mass is 10.2. The van der Waals surface area contributed by atoms with Gasteiger partial charge in [-0.3, -0.25) is 4.79 Å². The fourth-order valence-electron chi connectivity index (χ4n) is 0.652. The molecule has 0 bridgehead atoms. The van der Waals surface area contributed by atoms with Gasteiger partial charge in [0.1, 0.15) is 6.10 Å². The van der Waals surface area contributed by atoms with Gasteiger partial charge in [0.15, 0.2) is 0 Å². The summed E-state index contributed by atoms with van der Waals surface area (Å²) in [6.45, 7) is 9.59. The van der Waals surface area contributed by atoms with Crippen molar-refractivity contribution in [2.24, 2.45) is 0 Å². The summed E-state index contributed by atoms with van der Waals surface area (Å²) < 4.78 is 13.2. The molecule has 0 saturated heterocycles. The lowest BCUT2D eigenvalue weighted by Crippen LogP contribution is -2.15. The quantitative estimate of drug-likeness (QED) is 0.151. The van der Waals surface area contributed by atoms with Crippen LogP contribution in [0, 0.1) is 0 Å². The highest BCUT2D eigenvalue weighted by Crippen LogP contribution is 2.25. The Hall–Kier alpha value is -2.30. The second-order valence-corrected chi connectivity index (χ2v) is 4.72. The molecule has 0 radical (unpaired) electrons. The third-order valence-corrected chi connectivity index (χ3v) is 1.69. The van der Waals surface area contributed by atoms with Crippen LogP contribution in [0.15, 0.2) is 37.0 Å². The van der Waals surface area contributed by atoms with Crippen molar-refractivity contribution >= 4 is 25.7 Å². The van der Waals surface area contributed by atoms with E-state index >= 15 is 0 Å². The Kier molecular flexibility index (Phi) is 14.6. The number of carboxylic acids is 2. The number of methoxy groups -OCH3 is 1. The van der Waals surface area contributed by atoms with Crippen molar-refractivity contribution in [2.75, 3.05) is 7.11 Å². The number of rotatable bonds is 6. The molecule has 138 valence electrons. The number of aliphatic hydroxyl groups excluding tert-OH is 1. The van der Waals surface area contributed by atoms with Crippen molar-refractivity contribution in [2.45, 2.75) is 12.5 Å². The van der Waals surface area contributed by atoms with Gasteiger partial charge >= 0.3 is 25.7 Å². The molecule has 12 heteroatoms. The Balaban J connectivity index is -0.000000291. The van der Waals surface area contributed by atoms with Crippen LogP contribution in [0.5, 0.6) is 0 Å². The summed E-state index contributed by atoms with van der Waals surface area (Å²) in [5, 5.41) is 25.0. The standard InChI is InChI=1S/C7H10O3.C5H6O4.H3O4P/c1-4-6(8)5(2)7(9)10-3;1-3(5(8)9)2-4(6)7;1-5(2,3)4/h4,6,8H,1-2H2,3H3;1-2H2,(H,6,7)(H,8,9);(H3,1,2,3,4). The van der Waals surface area contributed by atoms with Gasteiger partial charge in [0.05, 0.1) is 19.1 Å². The molecular formula is C12H19O11P. The van der Waals surface area contributed by atoms with Crippen molar-refractivity contribution in [3.05, 3.63) is 37.0 Å². The van der Waals surface area contributed by atoms with Gasteiger partial charge in [-0.05, 0) is 0 Å². The normalized spacial score (nSPS) is 10.5. The topological polar surface area (TPSA) is 199 Å². The van der Waals surface area contributed by atoms with Gasteiger partial charge in [-0.15, -0.1) is 6.58 Å². The molecule has 0 fully saturated rings. The molecule has 11 nitrogen and oxygen atoms in total. The zero-order valence-corrected chi connectivity index (χ0v) is 13.5. The van der Waals surface area contributed by atoms with Crippen molar-refractivity contribution in [3.63, 3.8) is 0 Å². The third kappa shape index (κ3) is 22.0. The van der Waals surface area contributed by atoms with E-state index in [1.807, 2.05) is 0 Å². The number of esters is 1. The fourth-order valence-corrected chi connectivity index (χ4v) is 0.652. The van der Waals surface area contributed by atoms with Crippen LogP contribution in [-0.4, -0.2) is 61.1 Å². The molecule has 24 heavy (non-hydrogen) atoms. The summed E-state index contributed by atoms with van der Waals surface area (Å²) in [6.07, 6.45) is -0.304. The van der Waals surface area contributed by atoms with Crippen molar-refractivity contribution in [1.82, 2.24) is 0 Å². The summed E-state index contributed by atoms with van der Waals surface area (Å²) in [5.41, 5.74) is -0.306. The molecule has 0 saturated carbocycles. The van der Waals surface area contributed by atoms with Gasteiger partial charge in [0.25, 0.3) is 0 Å². The van der Waals surface area contributed by atoms with E-state index in [2.05, 4.69) is 24.5 Å². The summed E-state index contributed by atoms with van der Waals surface area (Å²) in [5.74, 6) is -3.06. The van der Waals surface area contributed by atoms with Crippen LogP contribution in [0.2, 0.25) is 0 Å². The monoisotopic (exact) mass is 370 g/mol. The number of hydrogen-bond acceptors (Lipinski definition) is 6. The van der Waals surface area contributed by atoms with E-state index < -0.39 is 38.3 Å². The SMILES string of the molecule is C=C(CC(=O)O)C(=O)O.C=CC(O)C(=C)C(=O)OC.O=P(O)(O)O. The van der Waals surface area contributed by atoms with E-state index in [4.69, 9.17) is 34.6 Å². The molecule has 0 aromatic rings. The van der Waals surface area contributed by atoms with E-state index in [-0.39, 0.29) is 11.1 Å². The van der Waals surface area contributed by atoms with Crippen LogP contribution in [0.4, 0.5) is 0 Å². The van der Waals surface area contributed by atoms with E-state index in [0.717, 1.165) is 0 Å². The van der Waals surface area contributed by atoms with E-state index in [9.17, 15) is 14.4 Å². The molecule has 0 heterocycles. The molecule has 0 spiro atoms. The highest BCUT2D eigenvalue weighted by molar-refractivity contribution is 7.45. The predicted molar refractivity (Wildman–Crippen MR) is 80.7 cm³/mol. The maximum Gasteiger partial charge on any atom is 0.466 e. The molecule has 0 amide bonds. The fraction of sp³-hybridized carbons (Fsp3) is 0.250. The molecule has 6 N–H and O–H groups in total. The summed E-state index contributed by atoms with van der Waals surface area (Å²) in [4.78, 5) is 51.8. The van der Waals surface area contributed by atoms with Crippen LogP contribution in [0.3, 0.4) is 0 Å². The lowest BCUT2D eigenvalue weighted by Gasteiger charge is -2.05. The number of hydrogen-bond donors (Lipinski definition) is 6. The number of ether oxygens (including phenoxy) is 1. The third-order valence-electron chi connectivity index (χ3n) is 1.69. The highest BCUT2D eigenvalue weighted by Gasteiger charge is 2.12. The number of carboxylic acid groups (broad SMARTS) is 2. The molecule has 1 unspecified atom stereocenters. The van der Waals surface area contributed by atoms with Gasteiger partial charge in [0.2, 0.25) is 0 Å². The van der Waals surface area contributed by atoms with Gasteiger partial charge in [0, 0.05) is 5.57 Å². The summed E-state index contributed by atoms with van der Waals surface area (Å²) in [7, 11) is -3.41. The first-order chi connectivity index (χ1) is 10.7. The molecule has 0 aliphatic rings. The van der Waals surface area contributed by atoms with Crippen LogP contribution >= 0.6 is 7.82 Å². The van der Waals surface area contributed by atoms with Gasteiger partial charge < -0.3 is 34.7 Å². The second kappa shape index (κ2) is 13.2. The Bertz CT molecular complexity index is 523. The van der Waals surface area contributed by atoms with Crippen molar-refractivity contribution < 1.29 is 53.7 Å². The maximum atomic E-state index is 10.6. The van der Waals surface area contributed by atoms with Crippen LogP contribution < -0.4 is 0 Å². The highest BCUT2D eigenvalue weighted by atomic mass is 31.2. The average Bonchev–Trinajstić information content (AvgIpc) is 2.42. The molecule has 0 rings (SSSR count). The first kappa shape index (κ1) is 26.6. The number of aliphatic hydroxyl groups is 1. The Labute approximate surface area is 137 Å². The van der Waals surface area contributed by atoms with Gasteiger partial charge in [-0.25, -0.2) is 14.2 Å². The van der Waals surface area contributed by atoms with Crippen molar-refractivity contribution in [3.8, 4) is 0 Å². The summed E-state index contributed by atoms with van der Waals surface area (Å²) >= 11 is 0. The van der Waals surface area contributed by atoms with E-state index in [1.54, 1.807) is 0 Å². The minimum atomic E-state index is -4.64. The smallest absolute Gasteiger partial charge is 0.466 e. The number of phosphoric acid groups is 1. The Morgan fingerprint density at radius 2 is 1.54 bits per heavy atom. The van der Waals surface area contributed by atoms with Gasteiger partial charge in [-0.2, -0.15) is 0 Å². The predicted octanol–water partition coefficient (Wildman–Crippen LogP) is -0.564. The maximum absolute atomic E-state index is 10.6. The van der Waals surface area contributed by atoms with E-state index in [1.165, 1.54) is 13.2 Å². The summed E-state index contributed by atoms with van der Waals surface area (Å²) in [6, 6.07) is 0. The number of carbonyl (C=O) groups is 3. The van der Waals surface area contributed by atoms with Crippen molar-refractivity contribution in [1.29, 1.82) is 0 Å². The number of aliphatic carboxylic acids is 2. The zero-order valence-electron chi connectivity index (χ0n) is 12.7. The van der Waals surface area contributed by atoms with Crippen LogP contribution in [0.1, 0.15) is 6.42 Å². The molecule has 0 aromatic carbocycles. The Morgan fingerprint density at radius 1 is 1.17 bits per heavy atom. The molecule has 0 aliphatic carbocycles. The van der Waals surface area contributed by atoms with Gasteiger partial charge in [-0.1, -0.05) is 19.2 Å². The largest absolute Gasteiger partial charge is 0.481 e. The minimum absolute atomic E-state index is 0.00231. The Morgan fingerprint density at radius 3 is 1.71 bits per heavy atom. The zero-order chi connectivity index (χ0) is 20.1. The number of carbonyl (C=O) groups excluding carboxylic acids is 1. The molecular weight excluding hydrogens is 351 g/mol. The van der Waals surface area contributed by atoms with E-state index in [0.29, 0.717) is 0 Å². The minimum Gasteiger partial charge on any atom is -0.481 e. The lowest BCUT2D eigenvalue weighted by molar-refractivity contribution is -0.139. The van der Waals surface area contributed by atoms with Crippen LogP contribution in [0.25, 0.3) is 0 Å². The second-order valence-electron chi connectivity index (χ2n) is 3.69. The molecule has 0 aromatic heterocycles.